The summed E-state index contributed by atoms with van der Waals surface area (Å²) < 4.78 is 54.9. The van der Waals surface area contributed by atoms with Gasteiger partial charge in [-0.15, -0.1) is 0 Å². The Labute approximate surface area is 163 Å². The first-order valence-electron chi connectivity index (χ1n) is 8.43. The molecular weight excluding hydrogens is 390 g/mol. The molecule has 0 unspecified atom stereocenters. The van der Waals surface area contributed by atoms with Gasteiger partial charge in [0.15, 0.2) is 0 Å². The Hall–Kier alpha value is -3.48. The summed E-state index contributed by atoms with van der Waals surface area (Å²) in [6.07, 6.45) is -3.97. The van der Waals surface area contributed by atoms with Crippen LogP contribution in [-0.4, -0.2) is 22.9 Å². The van der Waals surface area contributed by atoms with Crippen molar-refractivity contribution in [1.29, 1.82) is 5.26 Å². The number of nitrogens with zero attached hydrogens (tertiary/aromatic N) is 3. The van der Waals surface area contributed by atoms with Gasteiger partial charge in [-0.2, -0.15) is 18.4 Å². The first-order valence-corrected chi connectivity index (χ1v) is 8.43. The molecule has 0 spiro atoms. The fourth-order valence-corrected chi connectivity index (χ4v) is 3.29. The highest BCUT2D eigenvalue weighted by Gasteiger charge is 2.56. The molecule has 1 aromatic heterocycles. The van der Waals surface area contributed by atoms with Gasteiger partial charge in [0.1, 0.15) is 17.6 Å². The zero-order chi connectivity index (χ0) is 21.4. The van der Waals surface area contributed by atoms with Crippen LogP contribution in [0.3, 0.4) is 0 Å². The van der Waals surface area contributed by atoms with Crippen LogP contribution < -0.4 is 11.1 Å². The van der Waals surface area contributed by atoms with Crippen LogP contribution in [0.25, 0.3) is 0 Å². The second-order valence-corrected chi connectivity index (χ2v) is 6.74. The van der Waals surface area contributed by atoms with Crippen molar-refractivity contribution in [2.24, 2.45) is 16.6 Å². The molecule has 1 aliphatic heterocycles. The third kappa shape index (κ3) is 3.89. The van der Waals surface area contributed by atoms with Gasteiger partial charge in [-0.3, -0.25) is 9.79 Å². The standard InChI is InChI=1S/C19H15F4N5O/c1-18(15(19(21,22)23)7-16(25)28-18)12-6-11(3-4-13(12)20)27-17(29)14-5-2-10(8-24)9-26-14/h2-6,9,15H,7H2,1H3,(H2,25,28)(H,27,29)/t15-,18-/m0/s1. The highest BCUT2D eigenvalue weighted by Crippen LogP contribution is 2.49. The highest BCUT2D eigenvalue weighted by molar-refractivity contribution is 6.02. The molecule has 2 heterocycles. The van der Waals surface area contributed by atoms with E-state index in [-0.39, 0.29) is 28.3 Å². The summed E-state index contributed by atoms with van der Waals surface area (Å²) in [6.45, 7) is 1.16. The summed E-state index contributed by atoms with van der Waals surface area (Å²) in [5, 5.41) is 11.2. The van der Waals surface area contributed by atoms with Crippen molar-refractivity contribution in [2.75, 3.05) is 5.32 Å². The number of benzene rings is 1. The van der Waals surface area contributed by atoms with Crippen LogP contribution in [-0.2, 0) is 5.54 Å². The van der Waals surface area contributed by atoms with Crippen molar-refractivity contribution in [1.82, 2.24) is 4.98 Å². The fraction of sp³-hybridized carbons (Fsp3) is 0.263. The molecule has 3 rings (SSSR count). The molecule has 0 aliphatic carbocycles. The minimum absolute atomic E-state index is 0.0163. The molecule has 150 valence electrons. The van der Waals surface area contributed by atoms with Crippen molar-refractivity contribution in [3.05, 3.63) is 59.2 Å². The van der Waals surface area contributed by atoms with E-state index in [9.17, 15) is 22.4 Å². The molecule has 0 saturated carbocycles. The number of pyridine rings is 1. The number of nitriles is 1. The van der Waals surface area contributed by atoms with E-state index in [0.29, 0.717) is 0 Å². The van der Waals surface area contributed by atoms with Crippen LogP contribution in [0.15, 0.2) is 41.5 Å². The quantitative estimate of drug-likeness (QED) is 0.763. The molecular formula is C19H15F4N5O. The van der Waals surface area contributed by atoms with Crippen LogP contribution in [0.5, 0.6) is 0 Å². The van der Waals surface area contributed by atoms with Gasteiger partial charge in [-0.1, -0.05) is 0 Å². The van der Waals surface area contributed by atoms with Crippen LogP contribution in [0.2, 0.25) is 0 Å². The number of carbonyl (C=O) groups is 1. The summed E-state index contributed by atoms with van der Waals surface area (Å²) >= 11 is 0. The van der Waals surface area contributed by atoms with Crippen LogP contribution in [0, 0.1) is 23.1 Å². The molecule has 0 bridgehead atoms. The monoisotopic (exact) mass is 405 g/mol. The number of hydrogen-bond acceptors (Lipinski definition) is 5. The average Bonchev–Trinajstić information content (AvgIpc) is 2.99. The van der Waals surface area contributed by atoms with Gasteiger partial charge < -0.3 is 11.1 Å². The second-order valence-electron chi connectivity index (χ2n) is 6.74. The van der Waals surface area contributed by atoms with E-state index in [4.69, 9.17) is 11.0 Å². The van der Waals surface area contributed by atoms with Crippen molar-refractivity contribution in [2.45, 2.75) is 25.1 Å². The number of aromatic nitrogens is 1. The summed E-state index contributed by atoms with van der Waals surface area (Å²) in [6, 6.07) is 7.86. The van der Waals surface area contributed by atoms with Gasteiger partial charge in [-0.05, 0) is 37.3 Å². The highest BCUT2D eigenvalue weighted by atomic mass is 19.4. The molecule has 10 heteroatoms. The number of nitrogens with one attached hydrogen (secondary N) is 1. The SMILES string of the molecule is C[C@@]1(c2cc(NC(=O)c3ccc(C#N)cn3)ccc2F)N=C(N)C[C@@H]1C(F)(F)F. The number of aliphatic imine (C=N–C) groups is 1. The van der Waals surface area contributed by atoms with Gasteiger partial charge in [-0.25, -0.2) is 9.37 Å². The number of amides is 1. The predicted octanol–water partition coefficient (Wildman–Crippen LogP) is 3.50. The lowest BCUT2D eigenvalue weighted by Crippen LogP contribution is -2.38. The maximum Gasteiger partial charge on any atom is 0.394 e. The number of halogens is 4. The largest absolute Gasteiger partial charge is 0.394 e. The molecule has 1 aromatic carbocycles. The Bertz CT molecular complexity index is 1030. The van der Waals surface area contributed by atoms with Crippen LogP contribution in [0.1, 0.15) is 35.0 Å². The number of carbonyl (C=O) groups excluding carboxylic acids is 1. The van der Waals surface area contributed by atoms with E-state index in [1.165, 1.54) is 24.4 Å². The lowest BCUT2D eigenvalue weighted by atomic mass is 9.79. The van der Waals surface area contributed by atoms with E-state index >= 15 is 0 Å². The first kappa shape index (κ1) is 20.3. The molecule has 2 atom stereocenters. The Kier molecular flexibility index (Phi) is 5.00. The minimum Gasteiger partial charge on any atom is -0.387 e. The summed E-state index contributed by atoms with van der Waals surface area (Å²) in [5.74, 6) is -3.77. The molecule has 1 amide bonds. The lowest BCUT2D eigenvalue weighted by Gasteiger charge is -2.31. The molecule has 1 aliphatic rings. The van der Waals surface area contributed by atoms with E-state index in [1.807, 2.05) is 6.07 Å². The number of hydrogen-bond donors (Lipinski definition) is 2. The number of amidine groups is 1. The zero-order valence-corrected chi connectivity index (χ0v) is 15.1. The predicted molar refractivity (Wildman–Crippen MR) is 96.4 cm³/mol. The summed E-state index contributed by atoms with van der Waals surface area (Å²) in [4.78, 5) is 20.0. The van der Waals surface area contributed by atoms with E-state index < -0.39 is 35.8 Å². The first-order chi connectivity index (χ1) is 13.5. The number of anilines is 1. The molecule has 2 aromatic rings. The lowest BCUT2D eigenvalue weighted by molar-refractivity contribution is -0.187. The number of rotatable bonds is 3. The topological polar surface area (TPSA) is 104 Å². The minimum atomic E-state index is -4.64. The van der Waals surface area contributed by atoms with E-state index in [1.54, 1.807) is 0 Å². The molecule has 0 fully saturated rings. The van der Waals surface area contributed by atoms with E-state index in [2.05, 4.69) is 15.3 Å². The van der Waals surface area contributed by atoms with Gasteiger partial charge in [0.2, 0.25) is 0 Å². The Balaban J connectivity index is 1.94. The van der Waals surface area contributed by atoms with Gasteiger partial charge in [0, 0.05) is 23.9 Å². The third-order valence-electron chi connectivity index (χ3n) is 4.76. The smallest absolute Gasteiger partial charge is 0.387 e. The fourth-order valence-electron chi connectivity index (χ4n) is 3.29. The molecule has 0 radical (unpaired) electrons. The van der Waals surface area contributed by atoms with Crippen molar-refractivity contribution < 1.29 is 22.4 Å². The average molecular weight is 405 g/mol. The van der Waals surface area contributed by atoms with Crippen LogP contribution >= 0.6 is 0 Å². The Morgan fingerprint density at radius 3 is 2.66 bits per heavy atom. The van der Waals surface area contributed by atoms with E-state index in [0.717, 1.165) is 19.1 Å². The summed E-state index contributed by atoms with van der Waals surface area (Å²) in [5.41, 5.74) is 3.55. The van der Waals surface area contributed by atoms with Gasteiger partial charge in [0.25, 0.3) is 5.91 Å². The number of nitrogens with two attached hydrogens (primary N) is 1. The third-order valence-corrected chi connectivity index (χ3v) is 4.76. The van der Waals surface area contributed by atoms with Crippen molar-refractivity contribution in [3.63, 3.8) is 0 Å². The Morgan fingerprint density at radius 1 is 1.34 bits per heavy atom. The maximum absolute atomic E-state index is 14.5. The van der Waals surface area contributed by atoms with Crippen molar-refractivity contribution >= 4 is 17.4 Å². The normalized spacial score (nSPS) is 21.4. The molecule has 3 N–H and O–H groups in total. The number of alkyl halides is 3. The molecule has 0 saturated heterocycles. The maximum atomic E-state index is 14.5. The zero-order valence-electron chi connectivity index (χ0n) is 15.1. The molecule has 29 heavy (non-hydrogen) atoms. The van der Waals surface area contributed by atoms with Crippen LogP contribution in [0.4, 0.5) is 23.2 Å². The summed E-state index contributed by atoms with van der Waals surface area (Å²) in [7, 11) is 0. The second kappa shape index (κ2) is 7.16. The van der Waals surface area contributed by atoms with Gasteiger partial charge in [0.05, 0.1) is 22.9 Å². The van der Waals surface area contributed by atoms with Gasteiger partial charge >= 0.3 is 6.18 Å². The molecule has 6 nitrogen and oxygen atoms in total. The Morgan fingerprint density at radius 2 is 2.07 bits per heavy atom. The van der Waals surface area contributed by atoms with Crippen molar-refractivity contribution in [3.8, 4) is 6.07 Å².